The van der Waals surface area contributed by atoms with Crippen molar-refractivity contribution in [2.75, 3.05) is 7.11 Å². The third-order valence-electron chi connectivity index (χ3n) is 1.39. The highest BCUT2D eigenvalue weighted by molar-refractivity contribution is 6.59. The van der Waals surface area contributed by atoms with Gasteiger partial charge in [-0.15, -0.1) is 0 Å². The van der Waals surface area contributed by atoms with Crippen LogP contribution in [0.15, 0.2) is 18.2 Å². The second kappa shape index (κ2) is 3.64. The van der Waals surface area contributed by atoms with Crippen molar-refractivity contribution in [1.82, 2.24) is 0 Å². The Kier molecular flexibility index (Phi) is 2.78. The van der Waals surface area contributed by atoms with Crippen LogP contribution in [-0.4, -0.2) is 19.3 Å². The molecule has 2 nitrogen and oxygen atoms in total. The summed E-state index contributed by atoms with van der Waals surface area (Å²) in [6, 6.07) is 2.75. The van der Waals surface area contributed by atoms with E-state index in [4.69, 9.17) is 5.02 Å². The van der Waals surface area contributed by atoms with Gasteiger partial charge in [0.1, 0.15) is 11.6 Å². The molecule has 0 heterocycles. The molecule has 0 bridgehead atoms. The predicted molar refractivity (Wildman–Crippen MR) is 41.0 cm³/mol. The van der Waals surface area contributed by atoms with Crippen LogP contribution in [0.2, 0.25) is 0 Å². The molecule has 0 unspecified atom stereocenters. The molecule has 0 aliphatic rings. The first kappa shape index (κ1) is 9.16. The van der Waals surface area contributed by atoms with Crippen LogP contribution in [0.25, 0.3) is 0 Å². The van der Waals surface area contributed by atoms with Gasteiger partial charge < -0.3 is 9.68 Å². The summed E-state index contributed by atoms with van der Waals surface area (Å²) in [5, 5.41) is 9.02. The van der Waals surface area contributed by atoms with E-state index in [0.29, 0.717) is 0 Å². The molecule has 5 heteroatoms. The van der Waals surface area contributed by atoms with Crippen molar-refractivity contribution in [2.24, 2.45) is 0 Å². The summed E-state index contributed by atoms with van der Waals surface area (Å²) < 4.78 is 29.5. The maximum absolute atomic E-state index is 12.5. The lowest BCUT2D eigenvalue weighted by Gasteiger charge is -2.03. The summed E-state index contributed by atoms with van der Waals surface area (Å²) in [5.41, 5.74) is 0.0648. The highest BCUT2D eigenvalue weighted by Gasteiger charge is 2.15. The molecule has 0 saturated carbocycles. The van der Waals surface area contributed by atoms with Gasteiger partial charge in [-0.1, -0.05) is 0 Å². The minimum atomic E-state index is -1.28. The summed E-state index contributed by atoms with van der Waals surface area (Å²) in [5.74, 6) is -1.47. The maximum Gasteiger partial charge on any atom is 0.491 e. The normalized spacial score (nSPS) is 10.0. The Morgan fingerprint density at radius 3 is 2.17 bits per heavy atom. The Morgan fingerprint density at radius 1 is 1.25 bits per heavy atom. The van der Waals surface area contributed by atoms with E-state index in [-0.39, 0.29) is 5.46 Å². The molecule has 1 rings (SSSR count). The predicted octanol–water partition coefficient (Wildman–Crippen LogP) is 0.299. The SMILES string of the molecule is COB(O)c1cc(F)cc(F)c1. The highest BCUT2D eigenvalue weighted by atomic mass is 19.1. The zero-order valence-corrected chi connectivity index (χ0v) is 6.42. The zero-order valence-electron chi connectivity index (χ0n) is 6.42. The van der Waals surface area contributed by atoms with Crippen LogP contribution in [-0.2, 0) is 4.65 Å². The van der Waals surface area contributed by atoms with Gasteiger partial charge in [-0.05, 0) is 17.6 Å². The average Bonchev–Trinajstić information content (AvgIpc) is 2.01. The molecule has 0 spiro atoms. The van der Waals surface area contributed by atoms with Crippen LogP contribution < -0.4 is 5.46 Å². The van der Waals surface area contributed by atoms with Crippen LogP contribution in [0, 0.1) is 11.6 Å². The molecular formula is C7H7BF2O2. The minimum Gasteiger partial charge on any atom is -0.423 e. The molecule has 0 saturated heterocycles. The molecule has 0 amide bonds. The fourth-order valence-corrected chi connectivity index (χ4v) is 0.854. The van der Waals surface area contributed by atoms with E-state index in [0.717, 1.165) is 18.2 Å². The topological polar surface area (TPSA) is 29.5 Å². The van der Waals surface area contributed by atoms with Crippen molar-refractivity contribution in [1.29, 1.82) is 0 Å². The molecule has 0 aromatic heterocycles. The van der Waals surface area contributed by atoms with E-state index >= 15 is 0 Å². The summed E-state index contributed by atoms with van der Waals surface area (Å²) in [4.78, 5) is 0. The van der Waals surface area contributed by atoms with Crippen LogP contribution in [0.5, 0.6) is 0 Å². The summed E-state index contributed by atoms with van der Waals surface area (Å²) in [6.45, 7) is 0. The fourth-order valence-electron chi connectivity index (χ4n) is 0.854. The molecule has 64 valence electrons. The third-order valence-corrected chi connectivity index (χ3v) is 1.39. The van der Waals surface area contributed by atoms with Crippen molar-refractivity contribution in [2.45, 2.75) is 0 Å². The van der Waals surface area contributed by atoms with Crippen LogP contribution in [0.4, 0.5) is 8.78 Å². The second-order valence-corrected chi connectivity index (χ2v) is 2.29. The minimum absolute atomic E-state index is 0.0648. The van der Waals surface area contributed by atoms with E-state index in [2.05, 4.69) is 4.65 Å². The standard InChI is InChI=1S/C7H7BF2O2/c1-12-8(11)5-2-6(9)4-7(10)3-5/h2-4,11H,1H3. The van der Waals surface area contributed by atoms with E-state index in [9.17, 15) is 8.78 Å². The summed E-state index contributed by atoms with van der Waals surface area (Å²) >= 11 is 0. The maximum atomic E-state index is 12.5. The molecule has 1 aromatic carbocycles. The first-order valence-electron chi connectivity index (χ1n) is 3.30. The molecule has 0 radical (unpaired) electrons. The van der Waals surface area contributed by atoms with Crippen molar-refractivity contribution < 1.29 is 18.5 Å². The van der Waals surface area contributed by atoms with E-state index in [1.54, 1.807) is 0 Å². The summed E-state index contributed by atoms with van der Waals surface area (Å²) in [7, 11) is -0.0387. The van der Waals surface area contributed by atoms with Crippen molar-refractivity contribution in [3.63, 3.8) is 0 Å². The van der Waals surface area contributed by atoms with Crippen LogP contribution >= 0.6 is 0 Å². The first-order valence-corrected chi connectivity index (χ1v) is 3.30. The van der Waals surface area contributed by atoms with Gasteiger partial charge in [-0.3, -0.25) is 0 Å². The first-order chi connectivity index (χ1) is 5.63. The van der Waals surface area contributed by atoms with Gasteiger partial charge >= 0.3 is 7.12 Å². The largest absolute Gasteiger partial charge is 0.491 e. The second-order valence-electron chi connectivity index (χ2n) is 2.29. The molecule has 0 aliphatic carbocycles. The number of hydrogen-bond acceptors (Lipinski definition) is 2. The van der Waals surface area contributed by atoms with Crippen molar-refractivity contribution in [3.05, 3.63) is 29.8 Å². The van der Waals surface area contributed by atoms with Crippen molar-refractivity contribution in [3.8, 4) is 0 Å². The molecule has 12 heavy (non-hydrogen) atoms. The number of halogens is 2. The molecule has 0 atom stereocenters. The van der Waals surface area contributed by atoms with Gasteiger partial charge in [0, 0.05) is 13.2 Å². The van der Waals surface area contributed by atoms with Crippen LogP contribution in [0.1, 0.15) is 0 Å². The van der Waals surface area contributed by atoms with E-state index in [1.165, 1.54) is 7.11 Å². The Balaban J connectivity index is 3.00. The van der Waals surface area contributed by atoms with Gasteiger partial charge in [-0.25, -0.2) is 8.78 Å². The fraction of sp³-hybridized carbons (Fsp3) is 0.143. The Hall–Kier alpha value is -0.935. The van der Waals surface area contributed by atoms with Gasteiger partial charge in [0.15, 0.2) is 0 Å². The molecular weight excluding hydrogens is 165 g/mol. The van der Waals surface area contributed by atoms with Gasteiger partial charge in [0.2, 0.25) is 0 Å². The zero-order chi connectivity index (χ0) is 9.14. The summed E-state index contributed by atoms with van der Waals surface area (Å²) in [6.07, 6.45) is 0. The quantitative estimate of drug-likeness (QED) is 0.650. The van der Waals surface area contributed by atoms with Crippen molar-refractivity contribution >= 4 is 12.6 Å². The average molecular weight is 172 g/mol. The molecule has 1 N–H and O–H groups in total. The third kappa shape index (κ3) is 2.02. The molecule has 0 aliphatic heterocycles. The monoisotopic (exact) mass is 172 g/mol. The highest BCUT2D eigenvalue weighted by Crippen LogP contribution is 1.99. The lowest BCUT2D eigenvalue weighted by molar-refractivity contribution is 0.341. The molecule has 1 aromatic rings. The Bertz CT molecular complexity index is 260. The van der Waals surface area contributed by atoms with Gasteiger partial charge in [0.25, 0.3) is 0 Å². The number of hydrogen-bond donors (Lipinski definition) is 1. The number of benzene rings is 1. The van der Waals surface area contributed by atoms with Gasteiger partial charge in [0.05, 0.1) is 0 Å². The van der Waals surface area contributed by atoms with Gasteiger partial charge in [-0.2, -0.15) is 0 Å². The van der Waals surface area contributed by atoms with Crippen LogP contribution in [0.3, 0.4) is 0 Å². The molecule has 0 fully saturated rings. The Morgan fingerprint density at radius 2 is 1.75 bits per heavy atom. The number of rotatable bonds is 2. The van der Waals surface area contributed by atoms with E-state index in [1.807, 2.05) is 0 Å². The Labute approximate surface area is 68.9 Å². The smallest absolute Gasteiger partial charge is 0.423 e. The lowest BCUT2D eigenvalue weighted by Crippen LogP contribution is -2.32. The lowest BCUT2D eigenvalue weighted by atomic mass is 9.80. The van der Waals surface area contributed by atoms with E-state index < -0.39 is 18.8 Å².